The Labute approximate surface area is 112 Å². The standard InChI is InChI=1S/C14H17NO4/c1-9(2)7-15-11-5-4-10(14(17)18-3)6-12(11)19-8-13(15)16/h4-6,9H,7-8H2,1-3H3. The SMILES string of the molecule is COC(=O)c1ccc2c(c1)OCC(=O)N2CC(C)C. The molecule has 1 aliphatic heterocycles. The van der Waals surface area contributed by atoms with Gasteiger partial charge in [0.15, 0.2) is 6.61 Å². The molecule has 1 amide bonds. The van der Waals surface area contributed by atoms with Gasteiger partial charge in [0.05, 0.1) is 18.4 Å². The van der Waals surface area contributed by atoms with Crippen LogP contribution in [0, 0.1) is 5.92 Å². The number of nitrogens with zero attached hydrogens (tertiary/aromatic N) is 1. The normalized spacial score (nSPS) is 14.1. The lowest BCUT2D eigenvalue weighted by Gasteiger charge is -2.30. The molecule has 0 aliphatic carbocycles. The predicted molar refractivity (Wildman–Crippen MR) is 70.5 cm³/mol. The molecule has 0 radical (unpaired) electrons. The number of esters is 1. The van der Waals surface area contributed by atoms with Crippen LogP contribution in [0.2, 0.25) is 0 Å². The molecule has 1 heterocycles. The molecule has 1 aromatic rings. The van der Waals surface area contributed by atoms with E-state index in [0.717, 1.165) is 0 Å². The Bertz CT molecular complexity index is 510. The van der Waals surface area contributed by atoms with Crippen LogP contribution in [0.15, 0.2) is 18.2 Å². The van der Waals surface area contributed by atoms with Gasteiger partial charge < -0.3 is 14.4 Å². The van der Waals surface area contributed by atoms with E-state index in [4.69, 9.17) is 4.74 Å². The maximum atomic E-state index is 11.9. The lowest BCUT2D eigenvalue weighted by Crippen LogP contribution is -2.41. The van der Waals surface area contributed by atoms with Crippen molar-refractivity contribution in [3.05, 3.63) is 23.8 Å². The summed E-state index contributed by atoms with van der Waals surface area (Å²) in [5, 5.41) is 0. The second-order valence-electron chi connectivity index (χ2n) is 4.86. The monoisotopic (exact) mass is 263 g/mol. The van der Waals surface area contributed by atoms with Crippen LogP contribution in [0.5, 0.6) is 5.75 Å². The molecule has 2 rings (SSSR count). The van der Waals surface area contributed by atoms with Gasteiger partial charge in [0.1, 0.15) is 5.75 Å². The van der Waals surface area contributed by atoms with Crippen molar-refractivity contribution in [3.8, 4) is 5.75 Å². The van der Waals surface area contributed by atoms with E-state index in [1.54, 1.807) is 23.1 Å². The number of hydrogen-bond acceptors (Lipinski definition) is 4. The quantitative estimate of drug-likeness (QED) is 0.781. The molecule has 0 saturated heterocycles. The Morgan fingerprint density at radius 3 is 2.84 bits per heavy atom. The molecule has 5 nitrogen and oxygen atoms in total. The number of fused-ring (bicyclic) bond motifs is 1. The zero-order chi connectivity index (χ0) is 14.0. The van der Waals surface area contributed by atoms with Gasteiger partial charge in [0.25, 0.3) is 5.91 Å². The Balaban J connectivity index is 2.35. The van der Waals surface area contributed by atoms with Crippen molar-refractivity contribution >= 4 is 17.6 Å². The van der Waals surface area contributed by atoms with Gasteiger partial charge in [-0.05, 0) is 24.1 Å². The lowest BCUT2D eigenvalue weighted by atomic mass is 10.1. The fourth-order valence-corrected chi connectivity index (χ4v) is 2.01. The average molecular weight is 263 g/mol. The van der Waals surface area contributed by atoms with Crippen molar-refractivity contribution in [2.24, 2.45) is 5.92 Å². The van der Waals surface area contributed by atoms with Crippen molar-refractivity contribution in [1.82, 2.24) is 0 Å². The van der Waals surface area contributed by atoms with Crippen LogP contribution >= 0.6 is 0 Å². The van der Waals surface area contributed by atoms with Crippen LogP contribution in [-0.4, -0.2) is 32.1 Å². The number of amides is 1. The number of rotatable bonds is 3. The summed E-state index contributed by atoms with van der Waals surface area (Å²) in [4.78, 5) is 25.0. The smallest absolute Gasteiger partial charge is 0.337 e. The molecule has 1 aliphatic rings. The van der Waals surface area contributed by atoms with Crippen molar-refractivity contribution in [3.63, 3.8) is 0 Å². The minimum atomic E-state index is -0.418. The molecule has 0 spiro atoms. The van der Waals surface area contributed by atoms with E-state index >= 15 is 0 Å². The van der Waals surface area contributed by atoms with E-state index in [1.807, 2.05) is 13.8 Å². The predicted octanol–water partition coefficient (Wildman–Crippen LogP) is 1.85. The minimum Gasteiger partial charge on any atom is -0.482 e. The summed E-state index contributed by atoms with van der Waals surface area (Å²) in [6.45, 7) is 4.73. The van der Waals surface area contributed by atoms with Crippen LogP contribution < -0.4 is 9.64 Å². The van der Waals surface area contributed by atoms with E-state index in [9.17, 15) is 9.59 Å². The average Bonchev–Trinajstić information content (AvgIpc) is 2.40. The number of carbonyl (C=O) groups is 2. The van der Waals surface area contributed by atoms with Crippen molar-refractivity contribution in [1.29, 1.82) is 0 Å². The topological polar surface area (TPSA) is 55.8 Å². The third kappa shape index (κ3) is 2.70. The van der Waals surface area contributed by atoms with E-state index in [2.05, 4.69) is 4.74 Å². The Hall–Kier alpha value is -2.04. The van der Waals surface area contributed by atoms with Gasteiger partial charge in [-0.1, -0.05) is 13.8 Å². The third-order valence-electron chi connectivity index (χ3n) is 2.87. The van der Waals surface area contributed by atoms with Crippen LogP contribution in [0.3, 0.4) is 0 Å². The highest BCUT2D eigenvalue weighted by Crippen LogP contribution is 2.33. The number of ether oxygens (including phenoxy) is 2. The first-order valence-electron chi connectivity index (χ1n) is 6.18. The van der Waals surface area contributed by atoms with Gasteiger partial charge in [0.2, 0.25) is 0 Å². The largest absolute Gasteiger partial charge is 0.482 e. The van der Waals surface area contributed by atoms with Crippen molar-refractivity contribution in [2.45, 2.75) is 13.8 Å². The van der Waals surface area contributed by atoms with Crippen LogP contribution in [0.4, 0.5) is 5.69 Å². The van der Waals surface area contributed by atoms with Gasteiger partial charge in [-0.3, -0.25) is 4.79 Å². The molecule has 0 saturated carbocycles. The number of carbonyl (C=O) groups excluding carboxylic acids is 2. The minimum absolute atomic E-state index is 0.00431. The van der Waals surface area contributed by atoms with Gasteiger partial charge in [-0.2, -0.15) is 0 Å². The number of anilines is 1. The lowest BCUT2D eigenvalue weighted by molar-refractivity contribution is -0.121. The Kier molecular flexibility index (Phi) is 3.74. The summed E-state index contributed by atoms with van der Waals surface area (Å²) in [5.41, 5.74) is 1.12. The number of benzene rings is 1. The molecule has 5 heteroatoms. The van der Waals surface area contributed by atoms with Crippen LogP contribution in [0.1, 0.15) is 24.2 Å². The second kappa shape index (κ2) is 5.30. The Morgan fingerprint density at radius 1 is 1.47 bits per heavy atom. The molecular weight excluding hydrogens is 246 g/mol. The first kappa shape index (κ1) is 13.4. The highest BCUT2D eigenvalue weighted by atomic mass is 16.5. The number of methoxy groups -OCH3 is 1. The summed E-state index contributed by atoms with van der Waals surface area (Å²) in [6.07, 6.45) is 0. The first-order chi connectivity index (χ1) is 9.02. The molecule has 0 unspecified atom stereocenters. The van der Waals surface area contributed by atoms with Crippen molar-refractivity contribution < 1.29 is 19.1 Å². The molecular formula is C14H17NO4. The zero-order valence-electron chi connectivity index (χ0n) is 11.3. The molecule has 0 N–H and O–H groups in total. The summed E-state index contributed by atoms with van der Waals surface area (Å²) >= 11 is 0. The Morgan fingerprint density at radius 2 is 2.21 bits per heavy atom. The van der Waals surface area contributed by atoms with E-state index in [-0.39, 0.29) is 12.5 Å². The summed E-state index contributed by atoms with van der Waals surface area (Å²) < 4.78 is 10.0. The molecule has 0 atom stereocenters. The number of hydrogen-bond donors (Lipinski definition) is 0. The second-order valence-corrected chi connectivity index (χ2v) is 4.86. The van der Waals surface area contributed by atoms with E-state index in [1.165, 1.54) is 7.11 Å². The van der Waals surface area contributed by atoms with Crippen molar-refractivity contribution in [2.75, 3.05) is 25.2 Å². The van der Waals surface area contributed by atoms with Crippen LogP contribution in [-0.2, 0) is 9.53 Å². The highest BCUT2D eigenvalue weighted by Gasteiger charge is 2.26. The van der Waals surface area contributed by atoms with Crippen LogP contribution in [0.25, 0.3) is 0 Å². The molecule has 1 aromatic carbocycles. The van der Waals surface area contributed by atoms with E-state index < -0.39 is 5.97 Å². The van der Waals surface area contributed by atoms with Gasteiger partial charge >= 0.3 is 5.97 Å². The maximum absolute atomic E-state index is 11.9. The van der Waals surface area contributed by atoms with Gasteiger partial charge in [-0.25, -0.2) is 4.79 Å². The first-order valence-corrected chi connectivity index (χ1v) is 6.18. The van der Waals surface area contributed by atoms with Gasteiger partial charge in [-0.15, -0.1) is 0 Å². The highest BCUT2D eigenvalue weighted by molar-refractivity contribution is 5.99. The fraction of sp³-hybridized carbons (Fsp3) is 0.429. The zero-order valence-corrected chi connectivity index (χ0v) is 11.3. The summed E-state index contributed by atoms with van der Waals surface area (Å²) in [5.74, 6) is 0.420. The van der Waals surface area contributed by atoms with Gasteiger partial charge in [0, 0.05) is 6.54 Å². The summed E-state index contributed by atoms with van der Waals surface area (Å²) in [6, 6.07) is 4.97. The summed E-state index contributed by atoms with van der Waals surface area (Å²) in [7, 11) is 1.33. The van der Waals surface area contributed by atoms with E-state index in [0.29, 0.717) is 29.5 Å². The molecule has 0 fully saturated rings. The molecule has 102 valence electrons. The molecule has 0 aromatic heterocycles. The maximum Gasteiger partial charge on any atom is 0.337 e. The fourth-order valence-electron chi connectivity index (χ4n) is 2.01. The molecule has 0 bridgehead atoms. The molecule has 19 heavy (non-hydrogen) atoms. The third-order valence-corrected chi connectivity index (χ3v) is 2.87.